The smallest absolute Gasteiger partial charge is 0.410 e. The summed E-state index contributed by atoms with van der Waals surface area (Å²) in [5.41, 5.74) is 3.91. The van der Waals surface area contributed by atoms with E-state index in [1.807, 2.05) is 50.8 Å². The van der Waals surface area contributed by atoms with Crippen molar-refractivity contribution in [3.63, 3.8) is 0 Å². The van der Waals surface area contributed by atoms with E-state index in [9.17, 15) is 17.6 Å². The van der Waals surface area contributed by atoms with E-state index in [1.165, 1.54) is 22.3 Å². The second-order valence-corrected chi connectivity index (χ2v) is 17.1. The number of carbonyl (C=O) groups is 1. The van der Waals surface area contributed by atoms with E-state index in [2.05, 4.69) is 9.88 Å². The number of nitrogens with zero attached hydrogens (tertiary/aromatic N) is 7. The Hall–Kier alpha value is -5.30. The Morgan fingerprint density at radius 2 is 1.64 bits per heavy atom. The molecule has 1 amide bonds. The van der Waals surface area contributed by atoms with Crippen LogP contribution >= 0.6 is 0 Å². The van der Waals surface area contributed by atoms with Crippen molar-refractivity contribution < 1.29 is 22.3 Å². The van der Waals surface area contributed by atoms with Gasteiger partial charge >= 0.3 is 6.09 Å². The molecule has 274 valence electrons. The summed E-state index contributed by atoms with van der Waals surface area (Å²) in [4.78, 5) is 26.8. The topological polar surface area (TPSA) is 115 Å². The Labute approximate surface area is 308 Å². The van der Waals surface area contributed by atoms with Crippen molar-refractivity contribution in [2.45, 2.75) is 63.9 Å². The highest BCUT2D eigenvalue weighted by atomic mass is 32.2. The van der Waals surface area contributed by atoms with Gasteiger partial charge in [-0.05, 0) is 119 Å². The van der Waals surface area contributed by atoms with Gasteiger partial charge in [0.25, 0.3) is 10.0 Å². The van der Waals surface area contributed by atoms with Crippen molar-refractivity contribution in [3.05, 3.63) is 96.6 Å². The van der Waals surface area contributed by atoms with Gasteiger partial charge in [-0.15, -0.1) is 5.10 Å². The number of aromatic nitrogens is 5. The highest BCUT2D eigenvalue weighted by molar-refractivity contribution is 7.90. The quantitative estimate of drug-likeness (QED) is 0.177. The molecule has 13 heteroatoms. The summed E-state index contributed by atoms with van der Waals surface area (Å²) >= 11 is 0. The van der Waals surface area contributed by atoms with Gasteiger partial charge in [0.1, 0.15) is 22.9 Å². The van der Waals surface area contributed by atoms with Crippen LogP contribution in [0.2, 0.25) is 0 Å². The Balaban J connectivity index is 1.16. The van der Waals surface area contributed by atoms with Crippen LogP contribution in [0.25, 0.3) is 39.2 Å². The number of benzene rings is 2. The SMILES string of the molecule is Cc1ccc(S(=O)(=O)n2ccc3c(-c4c(-c5ccc(F)cc5)nc5ccc(N6CCC7(CCCN(C(=O)OC(C)(C)C)C7)CC6)nn45)ccnc32)cc1. The summed E-state index contributed by atoms with van der Waals surface area (Å²) in [5, 5.41) is 5.75. The molecule has 0 atom stereocenters. The molecule has 1 spiro atoms. The number of fused-ring (bicyclic) bond motifs is 2. The molecular formula is C40H42FN7O4S. The van der Waals surface area contributed by atoms with E-state index in [0.29, 0.717) is 46.6 Å². The van der Waals surface area contributed by atoms with Gasteiger partial charge in [0.2, 0.25) is 0 Å². The average Bonchev–Trinajstić information content (AvgIpc) is 3.74. The van der Waals surface area contributed by atoms with Crippen molar-refractivity contribution in [3.8, 4) is 22.5 Å². The van der Waals surface area contributed by atoms with Gasteiger partial charge < -0.3 is 14.5 Å². The largest absolute Gasteiger partial charge is 0.444 e. The number of carbonyl (C=O) groups excluding carboxylic acids is 1. The molecule has 53 heavy (non-hydrogen) atoms. The number of pyridine rings is 1. The maximum atomic E-state index is 14.1. The van der Waals surface area contributed by atoms with Crippen LogP contribution in [0.15, 0.2) is 90.1 Å². The minimum absolute atomic E-state index is 0.0282. The van der Waals surface area contributed by atoms with E-state index in [-0.39, 0.29) is 27.9 Å². The number of hydrogen-bond acceptors (Lipinski definition) is 8. The fourth-order valence-electron chi connectivity index (χ4n) is 7.69. The molecular weight excluding hydrogens is 694 g/mol. The maximum absolute atomic E-state index is 14.1. The number of likely N-dealkylation sites (tertiary alicyclic amines) is 1. The summed E-state index contributed by atoms with van der Waals surface area (Å²) in [5.74, 6) is 0.417. The van der Waals surface area contributed by atoms with Crippen LogP contribution in [0.4, 0.5) is 15.0 Å². The zero-order valence-corrected chi connectivity index (χ0v) is 31.1. The van der Waals surface area contributed by atoms with E-state index < -0.39 is 15.6 Å². The minimum Gasteiger partial charge on any atom is -0.444 e. The molecule has 0 aliphatic carbocycles. The fourth-order valence-corrected chi connectivity index (χ4v) is 8.99. The lowest BCUT2D eigenvalue weighted by Gasteiger charge is -2.47. The second kappa shape index (κ2) is 13.0. The lowest BCUT2D eigenvalue weighted by atomic mass is 9.72. The molecule has 11 nitrogen and oxygen atoms in total. The molecule has 2 aromatic carbocycles. The van der Waals surface area contributed by atoms with Gasteiger partial charge in [-0.1, -0.05) is 17.7 Å². The van der Waals surface area contributed by atoms with Gasteiger partial charge in [0.05, 0.1) is 10.6 Å². The van der Waals surface area contributed by atoms with Crippen LogP contribution in [0.3, 0.4) is 0 Å². The fraction of sp³-hybridized carbons (Fsp3) is 0.350. The number of imidazole rings is 1. The third kappa shape index (κ3) is 6.51. The molecule has 0 radical (unpaired) electrons. The number of piperidine rings is 2. The predicted octanol–water partition coefficient (Wildman–Crippen LogP) is 7.72. The summed E-state index contributed by atoms with van der Waals surface area (Å²) in [6.45, 7) is 10.5. The molecule has 4 aromatic heterocycles. The van der Waals surface area contributed by atoms with Crippen LogP contribution in [0, 0.1) is 18.2 Å². The zero-order valence-electron chi connectivity index (χ0n) is 30.3. The third-order valence-electron chi connectivity index (χ3n) is 10.4. The second-order valence-electron chi connectivity index (χ2n) is 15.3. The summed E-state index contributed by atoms with van der Waals surface area (Å²) < 4.78 is 50.4. The van der Waals surface area contributed by atoms with Gasteiger partial charge in [-0.3, -0.25) is 0 Å². The molecule has 0 N–H and O–H groups in total. The van der Waals surface area contributed by atoms with E-state index >= 15 is 0 Å². The Bertz CT molecular complexity index is 2440. The van der Waals surface area contributed by atoms with Crippen LogP contribution in [0.1, 0.15) is 52.0 Å². The highest BCUT2D eigenvalue weighted by Gasteiger charge is 2.41. The predicted molar refractivity (Wildman–Crippen MR) is 202 cm³/mol. The molecule has 0 unspecified atom stereocenters. The number of rotatable bonds is 5. The number of hydrogen-bond donors (Lipinski definition) is 0. The first-order valence-electron chi connectivity index (χ1n) is 18.0. The van der Waals surface area contributed by atoms with E-state index in [1.54, 1.807) is 53.2 Å². The van der Waals surface area contributed by atoms with Gasteiger partial charge in [-0.2, -0.15) is 0 Å². The molecule has 2 aliphatic rings. The Morgan fingerprint density at radius 3 is 2.36 bits per heavy atom. The minimum atomic E-state index is -3.94. The zero-order chi connectivity index (χ0) is 37.1. The lowest BCUT2D eigenvalue weighted by Crippen LogP contribution is -2.52. The van der Waals surface area contributed by atoms with Crippen LogP contribution in [-0.4, -0.2) is 74.7 Å². The third-order valence-corrected chi connectivity index (χ3v) is 12.1. The number of anilines is 1. The first kappa shape index (κ1) is 34.8. The first-order chi connectivity index (χ1) is 25.3. The Morgan fingerprint density at radius 1 is 0.906 bits per heavy atom. The van der Waals surface area contributed by atoms with Crippen molar-refractivity contribution in [1.29, 1.82) is 0 Å². The van der Waals surface area contributed by atoms with Crippen molar-refractivity contribution in [1.82, 2.24) is 28.5 Å². The van der Waals surface area contributed by atoms with Gasteiger partial charge in [0.15, 0.2) is 11.3 Å². The van der Waals surface area contributed by atoms with E-state index in [0.717, 1.165) is 50.2 Å². The molecule has 2 fully saturated rings. The van der Waals surface area contributed by atoms with Crippen LogP contribution in [-0.2, 0) is 14.8 Å². The van der Waals surface area contributed by atoms with E-state index in [4.69, 9.17) is 14.8 Å². The number of ether oxygens (including phenoxy) is 1. The van der Waals surface area contributed by atoms with Gasteiger partial charge in [-0.25, -0.2) is 36.1 Å². The molecule has 6 aromatic rings. The Kier molecular flexibility index (Phi) is 8.51. The lowest BCUT2D eigenvalue weighted by molar-refractivity contribution is -0.000559. The number of amides is 1. The maximum Gasteiger partial charge on any atom is 0.410 e. The van der Waals surface area contributed by atoms with Crippen molar-refractivity contribution >= 4 is 38.6 Å². The number of halogens is 1. The standard InChI is InChI=1S/C40H42FN7O4S/c1-27-6-12-30(13-7-27)53(50,51)47-23-17-32-31(16-21-42-37(32)47)36-35(28-8-10-29(41)11-9-28)43-33-14-15-34(44-48(33)36)45-24-19-40(20-25-45)18-5-22-46(26-40)38(49)52-39(2,3)4/h6-17,21,23H,5,18-20,22,24-26H2,1-4H3. The molecule has 6 heterocycles. The normalized spacial score (nSPS) is 16.5. The molecule has 0 saturated carbocycles. The summed E-state index contributed by atoms with van der Waals surface area (Å²) in [6.07, 6.45) is 6.71. The molecule has 0 bridgehead atoms. The van der Waals surface area contributed by atoms with Gasteiger partial charge in [0, 0.05) is 55.1 Å². The summed E-state index contributed by atoms with van der Waals surface area (Å²) in [7, 11) is -3.94. The van der Waals surface area contributed by atoms with Crippen LogP contribution < -0.4 is 4.90 Å². The van der Waals surface area contributed by atoms with Crippen molar-refractivity contribution in [2.24, 2.45) is 5.41 Å². The molecule has 8 rings (SSSR count). The van der Waals surface area contributed by atoms with Crippen LogP contribution in [0.5, 0.6) is 0 Å². The molecule has 2 aliphatic heterocycles. The average molecular weight is 736 g/mol. The summed E-state index contributed by atoms with van der Waals surface area (Å²) in [6, 6.07) is 20.4. The van der Waals surface area contributed by atoms with Crippen molar-refractivity contribution in [2.75, 3.05) is 31.1 Å². The monoisotopic (exact) mass is 735 g/mol. The molecule has 2 saturated heterocycles. The highest BCUT2D eigenvalue weighted by Crippen LogP contribution is 2.42. The first-order valence-corrected chi connectivity index (χ1v) is 19.4. The number of aryl methyl sites for hydroxylation is 1.